The summed E-state index contributed by atoms with van der Waals surface area (Å²) in [6.07, 6.45) is 6.01. The highest BCUT2D eigenvalue weighted by molar-refractivity contribution is 9.10. The summed E-state index contributed by atoms with van der Waals surface area (Å²) in [4.78, 5) is 14.2. The van der Waals surface area contributed by atoms with Crippen molar-refractivity contribution in [1.82, 2.24) is 15.1 Å². The van der Waals surface area contributed by atoms with Crippen LogP contribution in [0, 0.1) is 5.92 Å². The zero-order valence-corrected chi connectivity index (χ0v) is 12.5. The number of amides is 1. The molecule has 2 atom stereocenters. The predicted molar refractivity (Wildman–Crippen MR) is 74.7 cm³/mol. The molecule has 18 heavy (non-hydrogen) atoms. The second kappa shape index (κ2) is 5.87. The van der Waals surface area contributed by atoms with Crippen LogP contribution >= 0.6 is 15.9 Å². The summed E-state index contributed by atoms with van der Waals surface area (Å²) in [5.41, 5.74) is 1.21. The number of nitrogens with zero attached hydrogens (tertiary/aromatic N) is 2. The van der Waals surface area contributed by atoms with Crippen LogP contribution < -0.4 is 0 Å². The summed E-state index contributed by atoms with van der Waals surface area (Å²) in [7, 11) is 0. The van der Waals surface area contributed by atoms with Crippen molar-refractivity contribution in [2.75, 3.05) is 13.1 Å². The lowest BCUT2D eigenvalue weighted by Gasteiger charge is -2.34. The number of likely N-dealkylation sites (tertiary alicyclic amines) is 1. The Bertz CT molecular complexity index is 391. The number of halogens is 1. The van der Waals surface area contributed by atoms with Gasteiger partial charge in [-0.1, -0.05) is 29.8 Å². The van der Waals surface area contributed by atoms with E-state index in [-0.39, 0.29) is 10.7 Å². The lowest BCUT2D eigenvalue weighted by atomic mass is 9.92. The first-order chi connectivity index (χ1) is 8.59. The summed E-state index contributed by atoms with van der Waals surface area (Å²) in [5.74, 6) is 0.971. The van der Waals surface area contributed by atoms with Crippen LogP contribution in [0.2, 0.25) is 0 Å². The maximum absolute atomic E-state index is 12.3. The van der Waals surface area contributed by atoms with Crippen LogP contribution in [-0.2, 0) is 4.79 Å². The number of rotatable bonds is 3. The van der Waals surface area contributed by atoms with Crippen molar-refractivity contribution in [2.45, 2.75) is 37.4 Å². The van der Waals surface area contributed by atoms with Gasteiger partial charge in [0.15, 0.2) is 0 Å². The van der Waals surface area contributed by atoms with Crippen LogP contribution in [0.1, 0.15) is 38.2 Å². The van der Waals surface area contributed by atoms with Gasteiger partial charge in [0.25, 0.3) is 0 Å². The van der Waals surface area contributed by atoms with E-state index in [0.717, 1.165) is 25.9 Å². The average Bonchev–Trinajstić information content (AvgIpc) is 2.91. The molecular weight excluding hydrogens is 294 g/mol. The van der Waals surface area contributed by atoms with Crippen molar-refractivity contribution in [3.63, 3.8) is 0 Å². The van der Waals surface area contributed by atoms with E-state index >= 15 is 0 Å². The average molecular weight is 314 g/mol. The number of alkyl halides is 1. The third kappa shape index (κ3) is 2.94. The minimum absolute atomic E-state index is 0.0689. The van der Waals surface area contributed by atoms with E-state index in [1.807, 2.05) is 17.3 Å². The van der Waals surface area contributed by atoms with E-state index in [1.54, 1.807) is 0 Å². The van der Waals surface area contributed by atoms with Crippen LogP contribution in [-0.4, -0.2) is 38.9 Å². The van der Waals surface area contributed by atoms with Gasteiger partial charge in [0, 0.05) is 25.2 Å². The third-order valence-electron chi connectivity index (χ3n) is 3.55. The SMILES string of the molecule is CC(C)[C@H](Br)C(=O)N1CCC[C@@H](c2cn[nH]c2)C1. The van der Waals surface area contributed by atoms with Crippen LogP contribution in [0.25, 0.3) is 0 Å². The molecule has 1 N–H and O–H groups in total. The Labute approximate surface area is 116 Å². The molecule has 1 amide bonds. The van der Waals surface area contributed by atoms with Crippen molar-refractivity contribution in [3.05, 3.63) is 18.0 Å². The van der Waals surface area contributed by atoms with Gasteiger partial charge in [-0.05, 0) is 24.3 Å². The molecule has 1 aliphatic heterocycles. The van der Waals surface area contributed by atoms with Crippen molar-refractivity contribution in [3.8, 4) is 0 Å². The van der Waals surface area contributed by atoms with Crippen molar-refractivity contribution in [1.29, 1.82) is 0 Å². The van der Waals surface area contributed by atoms with Gasteiger partial charge < -0.3 is 4.90 Å². The van der Waals surface area contributed by atoms with Crippen LogP contribution in [0.15, 0.2) is 12.4 Å². The minimum Gasteiger partial charge on any atom is -0.341 e. The van der Waals surface area contributed by atoms with Crippen molar-refractivity contribution in [2.24, 2.45) is 5.92 Å². The standard InChI is InChI=1S/C13H20BrN3O/c1-9(2)12(14)13(18)17-5-3-4-10(8-17)11-6-15-16-7-11/h6-7,9-10,12H,3-5,8H2,1-2H3,(H,15,16)/t10-,12+/m1/s1. The molecule has 0 aromatic carbocycles. The molecule has 0 spiro atoms. The molecule has 1 aliphatic rings. The minimum atomic E-state index is -0.0689. The topological polar surface area (TPSA) is 49.0 Å². The fourth-order valence-electron chi connectivity index (χ4n) is 2.39. The number of hydrogen-bond acceptors (Lipinski definition) is 2. The molecule has 0 radical (unpaired) electrons. The summed E-state index contributed by atoms with van der Waals surface area (Å²) in [5, 5.41) is 6.84. The molecule has 5 heteroatoms. The van der Waals surface area contributed by atoms with E-state index in [1.165, 1.54) is 5.56 Å². The predicted octanol–water partition coefficient (Wildman–Crippen LogP) is 2.54. The third-order valence-corrected chi connectivity index (χ3v) is 4.99. The summed E-state index contributed by atoms with van der Waals surface area (Å²) in [6, 6.07) is 0. The molecule has 1 fully saturated rings. The van der Waals surface area contributed by atoms with Crippen LogP contribution in [0.4, 0.5) is 0 Å². The smallest absolute Gasteiger partial charge is 0.236 e. The van der Waals surface area contributed by atoms with Gasteiger partial charge in [0.2, 0.25) is 5.91 Å². The Morgan fingerprint density at radius 3 is 3.00 bits per heavy atom. The molecule has 100 valence electrons. The second-order valence-electron chi connectivity index (χ2n) is 5.30. The van der Waals surface area contributed by atoms with E-state index in [4.69, 9.17) is 0 Å². The molecule has 1 aromatic heterocycles. The number of carbonyl (C=O) groups is 1. The molecule has 2 heterocycles. The van der Waals surface area contributed by atoms with E-state index in [0.29, 0.717) is 11.8 Å². The maximum atomic E-state index is 12.3. The van der Waals surface area contributed by atoms with Gasteiger partial charge >= 0.3 is 0 Å². The normalized spacial score (nSPS) is 22.2. The Morgan fingerprint density at radius 2 is 2.39 bits per heavy atom. The number of carbonyl (C=O) groups excluding carboxylic acids is 1. The Kier molecular flexibility index (Phi) is 4.43. The number of H-pyrrole nitrogens is 1. The zero-order chi connectivity index (χ0) is 13.1. The lowest BCUT2D eigenvalue weighted by Crippen LogP contribution is -2.44. The molecular formula is C13H20BrN3O. The highest BCUT2D eigenvalue weighted by Crippen LogP contribution is 2.27. The molecule has 0 aliphatic carbocycles. The van der Waals surface area contributed by atoms with E-state index in [9.17, 15) is 4.79 Å². The van der Waals surface area contributed by atoms with Gasteiger partial charge in [-0.15, -0.1) is 0 Å². The van der Waals surface area contributed by atoms with Gasteiger partial charge in [0.1, 0.15) is 0 Å². The Hall–Kier alpha value is -0.840. The highest BCUT2D eigenvalue weighted by atomic mass is 79.9. The first-order valence-corrected chi connectivity index (χ1v) is 7.42. The first-order valence-electron chi connectivity index (χ1n) is 6.51. The van der Waals surface area contributed by atoms with Crippen LogP contribution in [0.5, 0.6) is 0 Å². The molecule has 0 bridgehead atoms. The first kappa shape index (κ1) is 13.6. The quantitative estimate of drug-likeness (QED) is 0.872. The Morgan fingerprint density at radius 1 is 1.61 bits per heavy atom. The lowest BCUT2D eigenvalue weighted by molar-refractivity contribution is -0.132. The van der Waals surface area contributed by atoms with E-state index < -0.39 is 0 Å². The molecule has 0 saturated carbocycles. The molecule has 2 rings (SSSR count). The maximum Gasteiger partial charge on any atom is 0.236 e. The molecule has 0 unspecified atom stereocenters. The highest BCUT2D eigenvalue weighted by Gasteiger charge is 2.29. The number of aromatic amines is 1. The Balaban J connectivity index is 2.01. The number of piperidine rings is 1. The van der Waals surface area contributed by atoms with Gasteiger partial charge in [-0.2, -0.15) is 5.10 Å². The fourth-order valence-corrected chi connectivity index (χ4v) is 2.68. The second-order valence-corrected chi connectivity index (χ2v) is 6.29. The summed E-state index contributed by atoms with van der Waals surface area (Å²) >= 11 is 3.50. The number of hydrogen-bond donors (Lipinski definition) is 1. The van der Waals surface area contributed by atoms with Crippen LogP contribution in [0.3, 0.4) is 0 Å². The van der Waals surface area contributed by atoms with Crippen molar-refractivity contribution < 1.29 is 4.79 Å². The van der Waals surface area contributed by atoms with Crippen molar-refractivity contribution >= 4 is 21.8 Å². The van der Waals surface area contributed by atoms with Gasteiger partial charge in [-0.3, -0.25) is 9.89 Å². The van der Waals surface area contributed by atoms with Gasteiger partial charge in [-0.25, -0.2) is 0 Å². The monoisotopic (exact) mass is 313 g/mol. The fraction of sp³-hybridized carbons (Fsp3) is 0.692. The molecule has 1 saturated heterocycles. The zero-order valence-electron chi connectivity index (χ0n) is 10.9. The van der Waals surface area contributed by atoms with E-state index in [2.05, 4.69) is 40.0 Å². The molecule has 1 aromatic rings. The summed E-state index contributed by atoms with van der Waals surface area (Å²) < 4.78 is 0. The summed E-state index contributed by atoms with van der Waals surface area (Å²) in [6.45, 7) is 5.82. The number of aromatic nitrogens is 2. The van der Waals surface area contributed by atoms with Gasteiger partial charge in [0.05, 0.1) is 11.0 Å². The molecule has 4 nitrogen and oxygen atoms in total. The number of nitrogens with one attached hydrogen (secondary N) is 1. The largest absolute Gasteiger partial charge is 0.341 e.